The summed E-state index contributed by atoms with van der Waals surface area (Å²) in [7, 11) is 0. The second-order valence-electron chi connectivity index (χ2n) is 5.44. The molecule has 0 amide bonds. The molecule has 0 radical (unpaired) electrons. The quantitative estimate of drug-likeness (QED) is 0.846. The summed E-state index contributed by atoms with van der Waals surface area (Å²) in [5.41, 5.74) is 4.48. The molecule has 0 unspecified atom stereocenters. The monoisotopic (exact) mass is 244 g/mol. The molecule has 0 aromatic heterocycles. The van der Waals surface area contributed by atoms with Crippen molar-refractivity contribution in [2.45, 2.75) is 40.0 Å². The van der Waals surface area contributed by atoms with E-state index in [9.17, 15) is 0 Å². The van der Waals surface area contributed by atoms with Crippen LogP contribution in [0.2, 0.25) is 0 Å². The molecule has 0 fully saturated rings. The van der Waals surface area contributed by atoms with Crippen LogP contribution >= 0.6 is 0 Å². The van der Waals surface area contributed by atoms with Crippen LogP contribution in [0.1, 0.15) is 37.5 Å². The lowest BCUT2D eigenvalue weighted by molar-refractivity contribution is 0.643. The van der Waals surface area contributed by atoms with E-state index in [4.69, 9.17) is 0 Å². The molecule has 2 rings (SSSR count). The van der Waals surface area contributed by atoms with Crippen molar-refractivity contribution < 1.29 is 0 Å². The normalized spacial score (nSPS) is 14.8. The number of hydrogen-bond donors (Lipinski definition) is 1. The molecule has 0 bridgehead atoms. The molecule has 1 heterocycles. The fourth-order valence-corrected chi connectivity index (χ4v) is 2.61. The number of amidine groups is 1. The van der Waals surface area contributed by atoms with Crippen LogP contribution in [0.25, 0.3) is 0 Å². The van der Waals surface area contributed by atoms with Crippen LogP contribution in [0, 0.1) is 5.92 Å². The van der Waals surface area contributed by atoms with Crippen LogP contribution in [-0.2, 0) is 19.3 Å². The topological polar surface area (TPSA) is 24.4 Å². The highest BCUT2D eigenvalue weighted by molar-refractivity contribution is 5.86. The van der Waals surface area contributed by atoms with Crippen LogP contribution in [0.5, 0.6) is 0 Å². The Hall–Kier alpha value is -1.31. The highest BCUT2D eigenvalue weighted by Gasteiger charge is 2.13. The number of nitrogens with zero attached hydrogens (tertiary/aromatic N) is 1. The number of benzene rings is 1. The number of hydrogen-bond acceptors (Lipinski definition) is 2. The Morgan fingerprint density at radius 3 is 2.67 bits per heavy atom. The first-order valence-electron chi connectivity index (χ1n) is 7.07. The maximum Gasteiger partial charge on any atom is 0.101 e. The molecule has 0 atom stereocenters. The van der Waals surface area contributed by atoms with Gasteiger partial charge >= 0.3 is 0 Å². The van der Waals surface area contributed by atoms with Crippen molar-refractivity contribution >= 4 is 5.84 Å². The van der Waals surface area contributed by atoms with Gasteiger partial charge in [0.1, 0.15) is 5.84 Å². The molecular formula is C16H24N2. The highest BCUT2D eigenvalue weighted by Crippen LogP contribution is 2.20. The maximum absolute atomic E-state index is 4.53. The minimum Gasteiger partial charge on any atom is -0.372 e. The summed E-state index contributed by atoms with van der Waals surface area (Å²) < 4.78 is 0. The molecule has 1 N–H and O–H groups in total. The lowest BCUT2D eigenvalue weighted by Gasteiger charge is -2.16. The van der Waals surface area contributed by atoms with Gasteiger partial charge in [-0.25, -0.2) is 0 Å². The summed E-state index contributed by atoms with van der Waals surface area (Å²) in [5, 5.41) is 3.39. The van der Waals surface area contributed by atoms with Gasteiger partial charge in [-0.2, -0.15) is 0 Å². The lowest BCUT2D eigenvalue weighted by atomic mass is 9.91. The van der Waals surface area contributed by atoms with Crippen molar-refractivity contribution in [2.24, 2.45) is 10.9 Å². The van der Waals surface area contributed by atoms with E-state index >= 15 is 0 Å². The Balaban J connectivity index is 2.27. The van der Waals surface area contributed by atoms with Gasteiger partial charge in [-0.15, -0.1) is 0 Å². The van der Waals surface area contributed by atoms with Gasteiger partial charge in [-0.05, 0) is 35.4 Å². The van der Waals surface area contributed by atoms with Gasteiger partial charge in [0.05, 0.1) is 6.54 Å². The van der Waals surface area contributed by atoms with Crippen molar-refractivity contribution in [3.8, 4) is 0 Å². The van der Waals surface area contributed by atoms with Crippen molar-refractivity contribution in [1.29, 1.82) is 0 Å². The third kappa shape index (κ3) is 3.12. The van der Waals surface area contributed by atoms with Crippen LogP contribution in [0.3, 0.4) is 0 Å². The summed E-state index contributed by atoms with van der Waals surface area (Å²) >= 11 is 0. The summed E-state index contributed by atoms with van der Waals surface area (Å²) in [6.07, 6.45) is 3.25. The number of aryl methyl sites for hydroxylation is 1. The van der Waals surface area contributed by atoms with E-state index in [1.54, 1.807) is 0 Å². The zero-order valence-corrected chi connectivity index (χ0v) is 11.8. The molecule has 0 spiro atoms. The smallest absolute Gasteiger partial charge is 0.101 e. The Morgan fingerprint density at radius 2 is 2.06 bits per heavy atom. The van der Waals surface area contributed by atoms with E-state index in [0.29, 0.717) is 5.92 Å². The maximum atomic E-state index is 4.53. The SMILES string of the molecule is CCc1cccc(CC(C)C)c1CC1=NCCN1. The molecule has 1 aromatic rings. The molecular weight excluding hydrogens is 220 g/mol. The molecule has 0 saturated carbocycles. The Kier molecular flexibility index (Phi) is 4.40. The molecule has 2 heteroatoms. The van der Waals surface area contributed by atoms with E-state index in [2.05, 4.69) is 49.3 Å². The third-order valence-electron chi connectivity index (χ3n) is 3.47. The largest absolute Gasteiger partial charge is 0.372 e. The number of rotatable bonds is 5. The summed E-state index contributed by atoms with van der Waals surface area (Å²) in [6.45, 7) is 8.75. The van der Waals surface area contributed by atoms with Crippen LogP contribution in [-0.4, -0.2) is 18.9 Å². The van der Waals surface area contributed by atoms with E-state index in [-0.39, 0.29) is 0 Å². The fourth-order valence-electron chi connectivity index (χ4n) is 2.61. The molecule has 1 aromatic carbocycles. The molecule has 2 nitrogen and oxygen atoms in total. The van der Waals surface area contributed by atoms with E-state index < -0.39 is 0 Å². The molecule has 18 heavy (non-hydrogen) atoms. The lowest BCUT2D eigenvalue weighted by Crippen LogP contribution is -2.22. The summed E-state index contributed by atoms with van der Waals surface area (Å²) in [6, 6.07) is 6.74. The zero-order valence-electron chi connectivity index (χ0n) is 11.8. The van der Waals surface area contributed by atoms with E-state index in [1.165, 1.54) is 22.5 Å². The second-order valence-corrected chi connectivity index (χ2v) is 5.44. The van der Waals surface area contributed by atoms with Gasteiger partial charge in [-0.1, -0.05) is 39.0 Å². The van der Waals surface area contributed by atoms with Gasteiger partial charge < -0.3 is 5.32 Å². The van der Waals surface area contributed by atoms with E-state index in [0.717, 1.165) is 32.4 Å². The Morgan fingerprint density at radius 1 is 1.28 bits per heavy atom. The van der Waals surface area contributed by atoms with Gasteiger partial charge in [0.2, 0.25) is 0 Å². The van der Waals surface area contributed by atoms with Gasteiger partial charge in [0.25, 0.3) is 0 Å². The first-order chi connectivity index (χ1) is 8.70. The van der Waals surface area contributed by atoms with E-state index in [1.807, 2.05) is 0 Å². The van der Waals surface area contributed by atoms with Crippen molar-refractivity contribution in [2.75, 3.05) is 13.1 Å². The molecule has 98 valence electrons. The summed E-state index contributed by atoms with van der Waals surface area (Å²) in [4.78, 5) is 4.53. The van der Waals surface area contributed by atoms with Gasteiger partial charge in [0, 0.05) is 13.0 Å². The van der Waals surface area contributed by atoms with Crippen molar-refractivity contribution in [3.63, 3.8) is 0 Å². The average molecular weight is 244 g/mol. The molecule has 0 aliphatic carbocycles. The predicted molar refractivity (Wildman–Crippen MR) is 78.4 cm³/mol. The van der Waals surface area contributed by atoms with Crippen molar-refractivity contribution in [1.82, 2.24) is 5.32 Å². The highest BCUT2D eigenvalue weighted by atomic mass is 15.1. The van der Waals surface area contributed by atoms with Crippen LogP contribution in [0.4, 0.5) is 0 Å². The Labute approximate surface area is 111 Å². The first kappa shape index (κ1) is 13.1. The molecule has 1 aliphatic rings. The zero-order chi connectivity index (χ0) is 13.0. The second kappa shape index (κ2) is 6.03. The van der Waals surface area contributed by atoms with Gasteiger partial charge in [0.15, 0.2) is 0 Å². The molecule has 1 aliphatic heterocycles. The van der Waals surface area contributed by atoms with Crippen molar-refractivity contribution in [3.05, 3.63) is 34.9 Å². The minimum absolute atomic E-state index is 0.703. The molecule has 0 saturated heterocycles. The van der Waals surface area contributed by atoms with Gasteiger partial charge in [-0.3, -0.25) is 4.99 Å². The average Bonchev–Trinajstić information content (AvgIpc) is 2.83. The fraction of sp³-hybridized carbons (Fsp3) is 0.562. The van der Waals surface area contributed by atoms with Crippen LogP contribution < -0.4 is 5.32 Å². The first-order valence-corrected chi connectivity index (χ1v) is 7.07. The summed E-state index contributed by atoms with van der Waals surface area (Å²) in [5.74, 6) is 1.87. The number of aliphatic imine (C=N–C) groups is 1. The number of nitrogens with one attached hydrogen (secondary N) is 1. The standard InChI is InChI=1S/C16H24N2/c1-4-13-6-5-7-14(10-12(2)3)15(13)11-16-17-8-9-18-16/h5-7,12H,4,8-11H2,1-3H3,(H,17,18). The van der Waals surface area contributed by atoms with Crippen LogP contribution in [0.15, 0.2) is 23.2 Å². The third-order valence-corrected chi connectivity index (χ3v) is 3.47. The minimum atomic E-state index is 0.703. The predicted octanol–water partition coefficient (Wildman–Crippen LogP) is 2.99. The Bertz CT molecular complexity index is 433.